The molecule has 156 valence electrons. The van der Waals surface area contributed by atoms with Crippen molar-refractivity contribution in [3.63, 3.8) is 0 Å². The van der Waals surface area contributed by atoms with Gasteiger partial charge in [0.1, 0.15) is 0 Å². The van der Waals surface area contributed by atoms with Crippen molar-refractivity contribution in [1.29, 1.82) is 0 Å². The lowest BCUT2D eigenvalue weighted by Gasteiger charge is -2.27. The van der Waals surface area contributed by atoms with Crippen molar-refractivity contribution in [2.45, 2.75) is 37.8 Å². The fourth-order valence-electron chi connectivity index (χ4n) is 3.50. The second-order valence-electron chi connectivity index (χ2n) is 7.49. The molecule has 1 aliphatic heterocycles. The van der Waals surface area contributed by atoms with Crippen LogP contribution in [-0.2, 0) is 21.4 Å². The number of hydrogen-bond donors (Lipinski definition) is 1. The number of nitrogens with one attached hydrogen (secondary N) is 1. The van der Waals surface area contributed by atoms with Crippen LogP contribution in [0.15, 0.2) is 59.5 Å². The molecule has 0 bridgehead atoms. The molecule has 0 aliphatic carbocycles. The van der Waals surface area contributed by atoms with Gasteiger partial charge in [-0.1, -0.05) is 48.0 Å². The normalized spacial score (nSPS) is 17.4. The van der Waals surface area contributed by atoms with Gasteiger partial charge in [-0.15, -0.1) is 0 Å². The van der Waals surface area contributed by atoms with Crippen molar-refractivity contribution < 1.29 is 13.2 Å². The van der Waals surface area contributed by atoms with Crippen molar-refractivity contribution in [1.82, 2.24) is 14.5 Å². The zero-order valence-corrected chi connectivity index (χ0v) is 17.9. The third-order valence-corrected chi connectivity index (χ3v) is 7.30. The summed E-state index contributed by atoms with van der Waals surface area (Å²) in [7, 11) is -3.51. The number of benzene rings is 2. The highest BCUT2D eigenvalue weighted by Gasteiger charge is 2.29. The lowest BCUT2D eigenvalue weighted by Crippen LogP contribution is -2.46. The van der Waals surface area contributed by atoms with E-state index >= 15 is 0 Å². The monoisotopic (exact) mass is 415 g/mol. The summed E-state index contributed by atoms with van der Waals surface area (Å²) < 4.78 is 27.4. The average Bonchev–Trinajstić information content (AvgIpc) is 2.99. The number of nitrogens with zero attached hydrogens (tertiary/aromatic N) is 2. The summed E-state index contributed by atoms with van der Waals surface area (Å²) in [6.07, 6.45) is 0.696. The third-order valence-electron chi connectivity index (χ3n) is 5.38. The predicted octanol–water partition coefficient (Wildman–Crippen LogP) is 2.40. The van der Waals surface area contributed by atoms with E-state index in [2.05, 4.69) is 10.2 Å². The van der Waals surface area contributed by atoms with Gasteiger partial charge in [0.25, 0.3) is 0 Å². The molecule has 1 aliphatic rings. The molecule has 2 aromatic rings. The van der Waals surface area contributed by atoms with Crippen molar-refractivity contribution in [3.05, 3.63) is 65.7 Å². The first-order valence-electron chi connectivity index (χ1n) is 10.0. The summed E-state index contributed by atoms with van der Waals surface area (Å²) in [5.41, 5.74) is 2.08. The van der Waals surface area contributed by atoms with E-state index in [9.17, 15) is 13.2 Å². The summed E-state index contributed by atoms with van der Waals surface area (Å²) in [4.78, 5) is 15.0. The minimum absolute atomic E-state index is 0.0382. The van der Waals surface area contributed by atoms with Crippen LogP contribution in [-0.4, -0.2) is 55.8 Å². The molecule has 0 unspecified atom stereocenters. The maximum Gasteiger partial charge on any atom is 0.243 e. The Kier molecular flexibility index (Phi) is 7.05. The van der Waals surface area contributed by atoms with Crippen molar-refractivity contribution in [2.24, 2.45) is 0 Å². The molecule has 7 heteroatoms. The highest BCUT2D eigenvalue weighted by Crippen LogP contribution is 2.19. The van der Waals surface area contributed by atoms with Crippen LogP contribution in [0.1, 0.15) is 24.5 Å². The molecule has 0 saturated carbocycles. The van der Waals surface area contributed by atoms with E-state index < -0.39 is 10.0 Å². The zero-order chi connectivity index (χ0) is 20.9. The Balaban J connectivity index is 1.58. The molecule has 6 nitrogen and oxygen atoms in total. The van der Waals surface area contributed by atoms with E-state index in [1.807, 2.05) is 56.3 Å². The molecule has 3 rings (SSSR count). The fraction of sp³-hybridized carbons (Fsp3) is 0.409. The van der Waals surface area contributed by atoms with Gasteiger partial charge in [0.15, 0.2) is 0 Å². The highest BCUT2D eigenvalue weighted by molar-refractivity contribution is 7.89. The first-order valence-corrected chi connectivity index (χ1v) is 11.4. The summed E-state index contributed by atoms with van der Waals surface area (Å²) in [5.74, 6) is -0.0382. The number of carbonyl (C=O) groups is 1. The van der Waals surface area contributed by atoms with Crippen molar-refractivity contribution in [3.8, 4) is 0 Å². The molecule has 29 heavy (non-hydrogen) atoms. The van der Waals surface area contributed by atoms with E-state index in [1.54, 1.807) is 12.1 Å². The molecular weight excluding hydrogens is 386 g/mol. The Hall–Kier alpha value is -2.22. The largest absolute Gasteiger partial charge is 0.351 e. The van der Waals surface area contributed by atoms with E-state index in [1.165, 1.54) is 4.31 Å². The molecule has 1 fully saturated rings. The topological polar surface area (TPSA) is 69.7 Å². The summed E-state index contributed by atoms with van der Waals surface area (Å²) in [5, 5.41) is 2.98. The average molecular weight is 416 g/mol. The Morgan fingerprint density at radius 3 is 2.38 bits per heavy atom. The molecule has 1 heterocycles. The Bertz CT molecular complexity index is 914. The maximum absolute atomic E-state index is 12.9. The Morgan fingerprint density at radius 1 is 1.00 bits per heavy atom. The summed E-state index contributed by atoms with van der Waals surface area (Å²) in [6.45, 7) is 6.38. The van der Waals surface area contributed by atoms with Crippen LogP contribution in [0.5, 0.6) is 0 Å². The second-order valence-corrected chi connectivity index (χ2v) is 9.42. The summed E-state index contributed by atoms with van der Waals surface area (Å²) in [6, 6.07) is 16.4. The Morgan fingerprint density at radius 2 is 1.69 bits per heavy atom. The number of sulfonamides is 1. The van der Waals surface area contributed by atoms with Crippen LogP contribution in [0.25, 0.3) is 0 Å². The molecule has 1 amide bonds. The summed E-state index contributed by atoms with van der Waals surface area (Å²) >= 11 is 0. The number of hydrogen-bond acceptors (Lipinski definition) is 4. The van der Waals surface area contributed by atoms with Crippen molar-refractivity contribution >= 4 is 15.9 Å². The Labute approximate surface area is 173 Å². The first-order chi connectivity index (χ1) is 13.9. The van der Waals surface area contributed by atoms with Crippen LogP contribution in [0.4, 0.5) is 0 Å². The van der Waals surface area contributed by atoms with Crippen LogP contribution >= 0.6 is 0 Å². The third kappa shape index (κ3) is 5.44. The van der Waals surface area contributed by atoms with Crippen molar-refractivity contribution in [2.75, 3.05) is 26.2 Å². The van der Waals surface area contributed by atoms with Crippen LogP contribution in [0.3, 0.4) is 0 Å². The lowest BCUT2D eigenvalue weighted by atomic mass is 10.2. The highest BCUT2D eigenvalue weighted by atomic mass is 32.2. The van der Waals surface area contributed by atoms with Crippen LogP contribution in [0, 0.1) is 6.92 Å². The van der Waals surface area contributed by atoms with E-state index in [0.717, 1.165) is 11.1 Å². The first kappa shape index (κ1) is 21.5. The van der Waals surface area contributed by atoms with Gasteiger partial charge in [-0.25, -0.2) is 8.42 Å². The molecule has 0 spiro atoms. The number of amides is 1. The SMILES string of the molecule is Cc1ccc(S(=O)(=O)N2CCCN([C@@H](C)C(=O)NCc3ccccc3)CC2)cc1. The number of aryl methyl sites for hydroxylation is 1. The van der Waals surface area contributed by atoms with Gasteiger partial charge in [-0.3, -0.25) is 9.69 Å². The molecule has 2 aromatic carbocycles. The van der Waals surface area contributed by atoms with E-state index in [4.69, 9.17) is 0 Å². The van der Waals surface area contributed by atoms with Gasteiger partial charge in [0.2, 0.25) is 15.9 Å². The van der Waals surface area contributed by atoms with Gasteiger partial charge in [0.05, 0.1) is 10.9 Å². The molecule has 0 aromatic heterocycles. The molecule has 1 saturated heterocycles. The van der Waals surface area contributed by atoms with Crippen LogP contribution < -0.4 is 5.32 Å². The molecule has 0 radical (unpaired) electrons. The second kappa shape index (κ2) is 9.52. The predicted molar refractivity (Wildman–Crippen MR) is 114 cm³/mol. The number of carbonyl (C=O) groups excluding carboxylic acids is 1. The van der Waals surface area contributed by atoms with Gasteiger partial charge in [-0.2, -0.15) is 4.31 Å². The van der Waals surface area contributed by atoms with E-state index in [0.29, 0.717) is 44.0 Å². The van der Waals surface area contributed by atoms with E-state index in [-0.39, 0.29) is 11.9 Å². The molecule has 1 N–H and O–H groups in total. The molecule has 1 atom stereocenters. The van der Waals surface area contributed by atoms with Gasteiger partial charge < -0.3 is 5.32 Å². The fourth-order valence-corrected chi connectivity index (χ4v) is 4.97. The van der Waals surface area contributed by atoms with Gasteiger partial charge in [-0.05, 0) is 38.0 Å². The standard InChI is InChI=1S/C22H29N3O3S/c1-18-9-11-21(12-10-18)29(27,28)25-14-6-13-24(15-16-25)19(2)22(26)23-17-20-7-4-3-5-8-20/h3-5,7-12,19H,6,13-17H2,1-2H3,(H,23,26)/t19-/m0/s1. The van der Waals surface area contributed by atoms with Gasteiger partial charge in [0, 0.05) is 32.7 Å². The maximum atomic E-state index is 12.9. The van der Waals surface area contributed by atoms with Gasteiger partial charge >= 0.3 is 0 Å². The minimum atomic E-state index is -3.51. The molecular formula is C22H29N3O3S. The lowest BCUT2D eigenvalue weighted by molar-refractivity contribution is -0.126. The zero-order valence-electron chi connectivity index (χ0n) is 17.0. The smallest absolute Gasteiger partial charge is 0.243 e. The number of rotatable bonds is 6. The minimum Gasteiger partial charge on any atom is -0.351 e. The van der Waals surface area contributed by atoms with Crippen LogP contribution in [0.2, 0.25) is 0 Å². The quantitative estimate of drug-likeness (QED) is 0.787.